The summed E-state index contributed by atoms with van der Waals surface area (Å²) in [7, 11) is -2.22. The van der Waals surface area contributed by atoms with Gasteiger partial charge in [-0.05, 0) is 61.3 Å². The van der Waals surface area contributed by atoms with Crippen molar-refractivity contribution in [2.45, 2.75) is 62.6 Å². The van der Waals surface area contributed by atoms with Crippen LogP contribution in [0.3, 0.4) is 0 Å². The zero-order valence-corrected chi connectivity index (χ0v) is 21.7. The quantitative estimate of drug-likeness (QED) is 0.482. The Hall–Kier alpha value is -2.95. The second-order valence-electron chi connectivity index (χ2n) is 9.68. The highest BCUT2D eigenvalue weighted by Crippen LogP contribution is 2.34. The molecule has 0 aromatic heterocycles. The van der Waals surface area contributed by atoms with E-state index in [-0.39, 0.29) is 31.3 Å². The molecule has 2 aliphatic rings. The van der Waals surface area contributed by atoms with E-state index in [9.17, 15) is 23.1 Å². The van der Waals surface area contributed by atoms with Crippen molar-refractivity contribution in [1.29, 1.82) is 0 Å². The predicted molar refractivity (Wildman–Crippen MR) is 138 cm³/mol. The highest BCUT2D eigenvalue weighted by molar-refractivity contribution is 7.89. The molecule has 4 rings (SSSR count). The van der Waals surface area contributed by atoms with E-state index in [0.29, 0.717) is 16.6 Å². The zero-order chi connectivity index (χ0) is 26.4. The number of imide groups is 1. The van der Waals surface area contributed by atoms with Crippen LogP contribution in [0.25, 0.3) is 0 Å². The first-order valence-electron chi connectivity index (χ1n) is 12.6. The Labute approximate surface area is 217 Å². The molecule has 9 nitrogen and oxygen atoms in total. The van der Waals surface area contributed by atoms with Gasteiger partial charge >= 0.3 is 6.09 Å². The van der Waals surface area contributed by atoms with Crippen LogP contribution in [0.5, 0.6) is 5.75 Å². The van der Waals surface area contributed by atoms with E-state index < -0.39 is 34.1 Å². The third-order valence-electron chi connectivity index (χ3n) is 7.26. The number of hydrogen-bond acceptors (Lipinski definition) is 6. The van der Waals surface area contributed by atoms with Crippen molar-refractivity contribution < 1.29 is 32.6 Å². The first kappa shape index (κ1) is 27.1. The molecule has 0 unspecified atom stereocenters. The van der Waals surface area contributed by atoms with Crippen LogP contribution in [0, 0.1) is 0 Å². The third kappa shape index (κ3) is 7.09. The topological polar surface area (TPSA) is 122 Å². The Bertz CT molecular complexity index is 1160. The summed E-state index contributed by atoms with van der Waals surface area (Å²) in [5.74, 6) is 0.333. The highest BCUT2D eigenvalue weighted by atomic mass is 32.2. The van der Waals surface area contributed by atoms with E-state index in [1.165, 1.54) is 5.56 Å². The fourth-order valence-corrected chi connectivity index (χ4v) is 6.53. The number of carbonyl (C=O) groups excluding carboxylic acids is 1. The van der Waals surface area contributed by atoms with Gasteiger partial charge in [0.1, 0.15) is 5.75 Å². The smallest absolute Gasteiger partial charge is 0.414 e. The van der Waals surface area contributed by atoms with Crippen molar-refractivity contribution in [3.05, 3.63) is 65.7 Å². The maximum Gasteiger partial charge on any atom is 0.414 e. The average Bonchev–Trinajstić information content (AvgIpc) is 3.21. The number of ether oxygens (including phenoxy) is 2. The first-order valence-corrected chi connectivity index (χ1v) is 14.3. The van der Waals surface area contributed by atoms with Crippen molar-refractivity contribution in [3.63, 3.8) is 0 Å². The predicted octanol–water partition coefficient (Wildman–Crippen LogP) is 3.55. The lowest BCUT2D eigenvalue weighted by molar-refractivity contribution is -0.127. The van der Waals surface area contributed by atoms with Crippen LogP contribution in [0.15, 0.2) is 54.6 Å². The monoisotopic (exact) mass is 530 g/mol. The number of benzene rings is 2. The average molecular weight is 531 g/mol. The van der Waals surface area contributed by atoms with Gasteiger partial charge in [0.15, 0.2) is 0 Å². The number of carboxylic acid groups (broad SMARTS) is 1. The van der Waals surface area contributed by atoms with Gasteiger partial charge in [-0.15, -0.1) is 0 Å². The summed E-state index contributed by atoms with van der Waals surface area (Å²) in [5, 5.41) is 9.62. The number of nitrogens with one attached hydrogen (secondary N) is 1. The summed E-state index contributed by atoms with van der Waals surface area (Å²) in [6, 6.07) is 15.7. The zero-order valence-electron chi connectivity index (χ0n) is 20.9. The van der Waals surface area contributed by atoms with Crippen molar-refractivity contribution in [2.24, 2.45) is 0 Å². The molecule has 1 saturated carbocycles. The van der Waals surface area contributed by atoms with Gasteiger partial charge < -0.3 is 14.6 Å². The molecule has 1 aliphatic carbocycles. The molecule has 0 radical (unpaired) electrons. The molecule has 2 aromatic rings. The summed E-state index contributed by atoms with van der Waals surface area (Å²) in [5.41, 5.74) is 2.13. The number of amides is 2. The molecule has 1 heterocycles. The lowest BCUT2D eigenvalue weighted by Gasteiger charge is -2.31. The normalized spacial score (nSPS) is 24.2. The molecule has 2 amide bonds. The molecular weight excluding hydrogens is 496 g/mol. The fraction of sp³-hybridized carbons (Fsp3) is 0.481. The van der Waals surface area contributed by atoms with E-state index in [1.54, 1.807) is 31.4 Å². The van der Waals surface area contributed by atoms with Gasteiger partial charge in [0, 0.05) is 6.42 Å². The number of likely N-dealkylation sites (tertiary alicyclic amines) is 1. The molecule has 37 heavy (non-hydrogen) atoms. The number of methoxy groups -OCH3 is 1. The Morgan fingerprint density at radius 1 is 1.05 bits per heavy atom. The molecule has 2 fully saturated rings. The molecular formula is C27H34N2O7S. The maximum atomic E-state index is 12.8. The molecule has 10 heteroatoms. The summed E-state index contributed by atoms with van der Waals surface area (Å²) in [6.45, 7) is -0.0373. The maximum absolute atomic E-state index is 12.8. The van der Waals surface area contributed by atoms with Crippen LogP contribution in [0.4, 0.5) is 4.79 Å². The summed E-state index contributed by atoms with van der Waals surface area (Å²) in [4.78, 5) is 25.0. The standard InChI is InChI=1S/C27H34N2O7S/c1-35-22-11-7-19(8-12-22)15-16-37(33,34)28-24-17-26(30)29(27(31)32)25(24)18-36-23-13-9-21(10-14-23)20-5-3-2-4-6-20/h2-8,11-12,21,23-25,28H,9-10,13-18H2,1H3,(H,31,32)/t21-,23+,24-,25-/m1/s1. The molecule has 1 aliphatic heterocycles. The largest absolute Gasteiger partial charge is 0.497 e. The van der Waals surface area contributed by atoms with E-state index in [0.717, 1.165) is 31.2 Å². The SMILES string of the molecule is COc1ccc(CCS(=O)(=O)N[C@@H]2CC(=O)N(C(=O)O)[C@@H]2CO[C@H]2CC[C@@H](c3ccccc3)CC2)cc1. The second kappa shape index (κ2) is 12.1. The van der Waals surface area contributed by atoms with Crippen LogP contribution >= 0.6 is 0 Å². The van der Waals surface area contributed by atoms with Crippen molar-refractivity contribution in [1.82, 2.24) is 9.62 Å². The molecule has 0 spiro atoms. The van der Waals surface area contributed by atoms with E-state index in [4.69, 9.17) is 9.47 Å². The molecule has 2 N–H and O–H groups in total. The number of carbonyl (C=O) groups is 2. The Morgan fingerprint density at radius 2 is 1.73 bits per heavy atom. The number of rotatable bonds is 10. The molecule has 2 aromatic carbocycles. The van der Waals surface area contributed by atoms with Gasteiger partial charge in [-0.2, -0.15) is 0 Å². The van der Waals surface area contributed by atoms with Gasteiger partial charge in [-0.1, -0.05) is 42.5 Å². The fourth-order valence-electron chi connectivity index (χ4n) is 5.20. The van der Waals surface area contributed by atoms with E-state index in [2.05, 4.69) is 16.9 Å². The minimum Gasteiger partial charge on any atom is -0.497 e. The third-order valence-corrected chi connectivity index (χ3v) is 8.67. The van der Waals surface area contributed by atoms with Crippen molar-refractivity contribution >= 4 is 22.0 Å². The highest BCUT2D eigenvalue weighted by Gasteiger charge is 2.45. The van der Waals surface area contributed by atoms with Gasteiger partial charge in [-0.25, -0.2) is 22.8 Å². The van der Waals surface area contributed by atoms with Crippen LogP contribution in [0.2, 0.25) is 0 Å². The number of aryl methyl sites for hydroxylation is 1. The Kier molecular flexibility index (Phi) is 8.83. The van der Waals surface area contributed by atoms with Crippen LogP contribution in [-0.4, -0.2) is 68.1 Å². The van der Waals surface area contributed by atoms with Crippen LogP contribution < -0.4 is 9.46 Å². The summed E-state index contributed by atoms with van der Waals surface area (Å²) in [6.07, 6.45) is 2.17. The first-order chi connectivity index (χ1) is 17.8. The van der Waals surface area contributed by atoms with Crippen molar-refractivity contribution in [3.8, 4) is 5.75 Å². The van der Waals surface area contributed by atoms with Gasteiger partial charge in [0.25, 0.3) is 0 Å². The number of sulfonamides is 1. The summed E-state index contributed by atoms with van der Waals surface area (Å²) >= 11 is 0. The summed E-state index contributed by atoms with van der Waals surface area (Å²) < 4.78 is 39.4. The van der Waals surface area contributed by atoms with E-state index >= 15 is 0 Å². The molecule has 0 bridgehead atoms. The Balaban J connectivity index is 1.34. The number of hydrogen-bond donors (Lipinski definition) is 2. The minimum absolute atomic E-state index is 0.0373. The van der Waals surface area contributed by atoms with Gasteiger partial charge in [0.2, 0.25) is 15.9 Å². The van der Waals surface area contributed by atoms with E-state index in [1.807, 2.05) is 18.2 Å². The van der Waals surface area contributed by atoms with Gasteiger partial charge in [-0.3, -0.25) is 4.79 Å². The van der Waals surface area contributed by atoms with Gasteiger partial charge in [0.05, 0.1) is 37.7 Å². The lowest BCUT2D eigenvalue weighted by atomic mass is 9.83. The molecule has 200 valence electrons. The minimum atomic E-state index is -3.77. The lowest BCUT2D eigenvalue weighted by Crippen LogP contribution is -2.50. The Morgan fingerprint density at radius 3 is 2.35 bits per heavy atom. The second-order valence-corrected chi connectivity index (χ2v) is 11.6. The number of nitrogens with zero attached hydrogens (tertiary/aromatic N) is 1. The van der Waals surface area contributed by atoms with Crippen LogP contribution in [0.1, 0.15) is 49.1 Å². The van der Waals surface area contributed by atoms with Crippen molar-refractivity contribution in [2.75, 3.05) is 19.5 Å². The molecule has 2 atom stereocenters. The van der Waals surface area contributed by atoms with Crippen LogP contribution in [-0.2, 0) is 26.0 Å². The molecule has 1 saturated heterocycles.